The van der Waals surface area contributed by atoms with Crippen LogP contribution < -0.4 is 0 Å². The zero-order chi connectivity index (χ0) is 55.6. The third-order valence-electron chi connectivity index (χ3n) is 12.8. The molecule has 0 aromatic carbocycles. The van der Waals surface area contributed by atoms with Crippen LogP contribution in [0.2, 0.25) is 0 Å². The molecule has 0 aliphatic rings. The molecule has 7 atom stereocenters. The van der Waals surface area contributed by atoms with E-state index in [9.17, 15) is 33.6 Å². The maximum absolute atomic E-state index is 12.7. The summed E-state index contributed by atoms with van der Waals surface area (Å²) in [5.41, 5.74) is 0. The summed E-state index contributed by atoms with van der Waals surface area (Å²) in [4.78, 5) is 79.8. The zero-order valence-electron chi connectivity index (χ0n) is 48.3. The molecule has 0 saturated heterocycles. The first-order valence-corrected chi connectivity index (χ1v) is 28.3. The molecule has 0 aromatic heterocycles. The van der Waals surface area contributed by atoms with Crippen molar-refractivity contribution in [3.8, 4) is 0 Å². The van der Waals surface area contributed by atoms with Gasteiger partial charge in [-0.1, -0.05) is 187 Å². The molecule has 0 amide bonds. The average molecular weight is 1110 g/mol. The van der Waals surface area contributed by atoms with Gasteiger partial charge in [-0.3, -0.25) is 33.6 Å². The van der Waals surface area contributed by atoms with E-state index in [0.29, 0.717) is 38.5 Å². The Morgan fingerprint density at radius 1 is 0.292 bits per heavy atom. The number of hydrogen-bond acceptors (Lipinski definition) is 10. The third-order valence-corrected chi connectivity index (χ3v) is 12.8. The first-order chi connectivity index (χ1) is 33.7. The molecule has 0 aliphatic carbocycles. The van der Waals surface area contributed by atoms with Crippen LogP contribution in [0, 0.1) is 41.4 Å². The van der Waals surface area contributed by atoms with Gasteiger partial charge in [0.2, 0.25) is 0 Å². The number of rotatable bonds is 38. The SMILES string of the molecule is CCCCC(CC)C(=O)O.CCCCC(CC)C(=O)O.CCCCC(CC)C(=O)O.CCCCC(CC)C(=O)O.CCCCC(CC)C(=O)OB(OC(=O)C(CC)CCCC)OC(=O)C(CC)CCCC.[Zr]. The fraction of sp³-hybridized carbons (Fsp3) is 0.875. The molecule has 424 valence electrons. The first-order valence-electron chi connectivity index (χ1n) is 28.3. The molecule has 0 spiro atoms. The van der Waals surface area contributed by atoms with Gasteiger partial charge in [-0.25, -0.2) is 0 Å². The van der Waals surface area contributed by atoms with Crippen LogP contribution >= 0.6 is 0 Å². The molecule has 0 aliphatic heterocycles. The minimum absolute atomic E-state index is 0. The van der Waals surface area contributed by atoms with Crippen molar-refractivity contribution in [1.82, 2.24) is 0 Å². The summed E-state index contributed by atoms with van der Waals surface area (Å²) in [5.74, 6) is -5.37. The quantitative estimate of drug-likeness (QED) is 0.0422. The van der Waals surface area contributed by atoms with Crippen molar-refractivity contribution < 1.29 is 94.2 Å². The molecule has 0 saturated carbocycles. The molecule has 0 radical (unpaired) electrons. The minimum atomic E-state index is -1.62. The standard InChI is InChI=1S/C24H45BO6.4C8H16O2.Zr/c1-7-13-16-19(10-4)22(26)29-25(30-23(27)20(11-5)17-14-8-2)31-24(28)21(12-6)18-15-9-3;4*1-3-5-6-7(4-2)8(9)10;/h19-21H,7-18H2,1-6H3;4*7H,3-6H2,1-2H3,(H,9,10);. The van der Waals surface area contributed by atoms with Gasteiger partial charge in [0.25, 0.3) is 17.9 Å². The summed E-state index contributed by atoms with van der Waals surface area (Å²) in [6.45, 7) is 28.0. The summed E-state index contributed by atoms with van der Waals surface area (Å²) >= 11 is 0. The Balaban J connectivity index is -0.000000217. The van der Waals surface area contributed by atoms with Gasteiger partial charge in [-0.15, -0.1) is 0 Å². The van der Waals surface area contributed by atoms with Crippen molar-refractivity contribution in [2.45, 2.75) is 277 Å². The van der Waals surface area contributed by atoms with Crippen LogP contribution in [-0.2, 0) is 73.7 Å². The van der Waals surface area contributed by atoms with E-state index in [1.54, 1.807) is 0 Å². The van der Waals surface area contributed by atoms with Gasteiger partial charge >= 0.3 is 31.2 Å². The van der Waals surface area contributed by atoms with Gasteiger partial charge in [0.1, 0.15) is 0 Å². The van der Waals surface area contributed by atoms with Crippen LogP contribution in [0.25, 0.3) is 0 Å². The molecular formula is C56H109BO14Zr. The second kappa shape index (κ2) is 57.5. The average Bonchev–Trinajstić information content (AvgIpc) is 3.33. The Bertz CT molecular complexity index is 1140. The van der Waals surface area contributed by atoms with Gasteiger partial charge < -0.3 is 34.4 Å². The summed E-state index contributed by atoms with van der Waals surface area (Å²) in [5, 5.41) is 34.4. The molecule has 0 heterocycles. The molecule has 0 aromatic rings. The van der Waals surface area contributed by atoms with E-state index in [1.807, 2.05) is 48.5 Å². The Kier molecular flexibility index (Phi) is 64.4. The molecule has 0 rings (SSSR count). The Labute approximate surface area is 459 Å². The van der Waals surface area contributed by atoms with Crippen LogP contribution in [0.15, 0.2) is 0 Å². The van der Waals surface area contributed by atoms with Crippen molar-refractivity contribution in [2.24, 2.45) is 41.4 Å². The van der Waals surface area contributed by atoms with Crippen LogP contribution in [0.3, 0.4) is 0 Å². The predicted molar refractivity (Wildman–Crippen MR) is 288 cm³/mol. The molecule has 7 unspecified atom stereocenters. The first kappa shape index (κ1) is 80.6. The summed E-state index contributed by atoms with van der Waals surface area (Å²) in [6.07, 6.45) is 24.4. The second-order valence-corrected chi connectivity index (χ2v) is 18.7. The summed E-state index contributed by atoms with van der Waals surface area (Å²) in [7, 11) is -1.62. The number of carbonyl (C=O) groups excluding carboxylic acids is 3. The van der Waals surface area contributed by atoms with Gasteiger partial charge in [0.15, 0.2) is 0 Å². The molecular weight excluding hydrogens is 999 g/mol. The van der Waals surface area contributed by atoms with E-state index in [-0.39, 0.29) is 67.6 Å². The topological polar surface area (TPSA) is 228 Å². The minimum Gasteiger partial charge on any atom is -0.481 e. The number of carboxylic acid groups (broad SMARTS) is 4. The summed E-state index contributed by atoms with van der Waals surface area (Å²) in [6, 6.07) is 0. The second-order valence-electron chi connectivity index (χ2n) is 18.7. The van der Waals surface area contributed by atoms with Crippen LogP contribution in [0.1, 0.15) is 277 Å². The maximum Gasteiger partial charge on any atom is 0.870 e. The van der Waals surface area contributed by atoms with Crippen molar-refractivity contribution in [1.29, 1.82) is 0 Å². The van der Waals surface area contributed by atoms with E-state index in [4.69, 9.17) is 34.4 Å². The number of aliphatic carboxylic acids is 4. The zero-order valence-corrected chi connectivity index (χ0v) is 50.7. The normalized spacial score (nSPS) is 13.1. The number of hydrogen-bond donors (Lipinski definition) is 4. The van der Waals surface area contributed by atoms with E-state index in [0.717, 1.165) is 141 Å². The molecule has 0 fully saturated rings. The fourth-order valence-electron chi connectivity index (χ4n) is 7.27. The molecule has 72 heavy (non-hydrogen) atoms. The Hall–Kier alpha value is -2.76. The van der Waals surface area contributed by atoms with Gasteiger partial charge in [0, 0.05) is 26.2 Å². The van der Waals surface area contributed by atoms with E-state index < -0.39 is 49.1 Å². The van der Waals surface area contributed by atoms with Crippen molar-refractivity contribution in [2.75, 3.05) is 0 Å². The Morgan fingerprint density at radius 2 is 0.431 bits per heavy atom. The maximum atomic E-state index is 12.7. The summed E-state index contributed by atoms with van der Waals surface area (Å²) < 4.78 is 16.2. The number of carboxylic acids is 4. The van der Waals surface area contributed by atoms with E-state index in [1.165, 1.54) is 0 Å². The third kappa shape index (κ3) is 47.0. The molecule has 0 bridgehead atoms. The molecule has 14 nitrogen and oxygen atoms in total. The van der Waals surface area contributed by atoms with Gasteiger partial charge in [-0.05, 0) is 89.9 Å². The van der Waals surface area contributed by atoms with Crippen LogP contribution in [0.4, 0.5) is 0 Å². The Morgan fingerprint density at radius 3 is 0.542 bits per heavy atom. The van der Waals surface area contributed by atoms with Crippen molar-refractivity contribution in [3.05, 3.63) is 0 Å². The van der Waals surface area contributed by atoms with Crippen LogP contribution in [0.5, 0.6) is 0 Å². The fourth-order valence-corrected chi connectivity index (χ4v) is 7.27. The van der Waals surface area contributed by atoms with Crippen molar-refractivity contribution >= 4 is 49.1 Å². The monoisotopic (exact) mass is 1110 g/mol. The van der Waals surface area contributed by atoms with Crippen LogP contribution in [-0.4, -0.2) is 69.5 Å². The number of unbranched alkanes of at least 4 members (excludes halogenated alkanes) is 7. The molecule has 4 N–H and O–H groups in total. The van der Waals surface area contributed by atoms with E-state index >= 15 is 0 Å². The van der Waals surface area contributed by atoms with E-state index in [2.05, 4.69) is 48.5 Å². The van der Waals surface area contributed by atoms with Gasteiger partial charge in [-0.2, -0.15) is 0 Å². The van der Waals surface area contributed by atoms with Gasteiger partial charge in [0.05, 0.1) is 41.4 Å². The molecule has 16 heteroatoms. The smallest absolute Gasteiger partial charge is 0.481 e. The van der Waals surface area contributed by atoms with Crippen molar-refractivity contribution in [3.63, 3.8) is 0 Å². The predicted octanol–water partition coefficient (Wildman–Crippen LogP) is 15.4. The largest absolute Gasteiger partial charge is 0.870 e. The number of carbonyl (C=O) groups is 7.